The number of carbonyl (C=O) groups is 1. The van der Waals surface area contributed by atoms with Crippen LogP contribution in [0.5, 0.6) is 0 Å². The van der Waals surface area contributed by atoms with E-state index in [1.165, 1.54) is 11.3 Å². The smallest absolute Gasteiger partial charge is 0.169 e. The number of aromatic nitrogens is 5. The molecular weight excluding hydrogens is 420 g/mol. The summed E-state index contributed by atoms with van der Waals surface area (Å²) in [4.78, 5) is 26.5. The van der Waals surface area contributed by atoms with Gasteiger partial charge in [-0.3, -0.25) is 9.89 Å². The number of rotatable bonds is 4. The summed E-state index contributed by atoms with van der Waals surface area (Å²) in [6.07, 6.45) is 4.00. The van der Waals surface area contributed by atoms with Crippen LogP contribution in [0.2, 0.25) is 0 Å². The van der Waals surface area contributed by atoms with Gasteiger partial charge in [-0.2, -0.15) is 5.10 Å². The normalized spacial score (nSPS) is 15.0. The topological polar surface area (TPSA) is 99.4 Å². The largest absolute Gasteiger partial charge is 0.338 e. The van der Waals surface area contributed by atoms with Gasteiger partial charge in [0.1, 0.15) is 16.9 Å². The average molecular weight is 443 g/mol. The minimum Gasteiger partial charge on any atom is -0.338 e. The molecule has 1 aliphatic rings. The Kier molecular flexibility index (Phi) is 4.62. The van der Waals surface area contributed by atoms with Gasteiger partial charge in [0.15, 0.2) is 5.78 Å². The molecule has 1 aliphatic heterocycles. The van der Waals surface area contributed by atoms with E-state index < -0.39 is 0 Å². The summed E-state index contributed by atoms with van der Waals surface area (Å²) < 4.78 is 0. The summed E-state index contributed by atoms with van der Waals surface area (Å²) in [6.45, 7) is 3.67. The first-order chi connectivity index (χ1) is 15.7. The van der Waals surface area contributed by atoms with E-state index in [0.29, 0.717) is 5.92 Å². The van der Waals surface area contributed by atoms with E-state index in [2.05, 4.69) is 43.7 Å². The zero-order chi connectivity index (χ0) is 21.7. The molecular formula is C24H22N6OS. The van der Waals surface area contributed by atoms with Gasteiger partial charge in [-0.25, -0.2) is 9.97 Å². The maximum Gasteiger partial charge on any atom is 0.169 e. The lowest BCUT2D eigenvalue weighted by atomic mass is 9.94. The molecule has 6 heterocycles. The van der Waals surface area contributed by atoms with E-state index in [-0.39, 0.29) is 5.78 Å². The van der Waals surface area contributed by atoms with Gasteiger partial charge in [-0.1, -0.05) is 0 Å². The molecule has 160 valence electrons. The highest BCUT2D eigenvalue weighted by molar-refractivity contribution is 7.17. The fourth-order valence-electron chi connectivity index (χ4n) is 4.49. The van der Waals surface area contributed by atoms with Gasteiger partial charge in [0.2, 0.25) is 0 Å². The number of H-pyrrole nitrogens is 2. The first-order valence-electron chi connectivity index (χ1n) is 10.8. The highest BCUT2D eigenvalue weighted by Gasteiger charge is 2.20. The van der Waals surface area contributed by atoms with Crippen molar-refractivity contribution in [3.63, 3.8) is 0 Å². The molecule has 8 heteroatoms. The zero-order valence-electron chi connectivity index (χ0n) is 17.6. The molecule has 3 N–H and O–H groups in total. The van der Waals surface area contributed by atoms with Crippen LogP contribution in [0.4, 0.5) is 0 Å². The average Bonchev–Trinajstić information content (AvgIpc) is 3.56. The van der Waals surface area contributed by atoms with Crippen LogP contribution in [0, 0.1) is 0 Å². The van der Waals surface area contributed by atoms with Crippen molar-refractivity contribution in [1.82, 2.24) is 30.5 Å². The third-order valence-electron chi connectivity index (χ3n) is 6.19. The highest BCUT2D eigenvalue weighted by Crippen LogP contribution is 2.36. The Morgan fingerprint density at radius 2 is 2.00 bits per heavy atom. The molecule has 1 fully saturated rings. The van der Waals surface area contributed by atoms with Crippen LogP contribution in [0.3, 0.4) is 0 Å². The molecule has 0 aromatic carbocycles. The number of hydrogen-bond acceptors (Lipinski definition) is 6. The van der Waals surface area contributed by atoms with Gasteiger partial charge in [0.25, 0.3) is 0 Å². The Labute approximate surface area is 188 Å². The molecule has 6 rings (SSSR count). The van der Waals surface area contributed by atoms with E-state index in [1.807, 2.05) is 18.2 Å². The number of Topliss-reactive ketones (excluding diaryl/α,β-unsaturated/α-hetero) is 1. The molecule has 1 saturated heterocycles. The minimum atomic E-state index is 0.0833. The molecule has 0 radical (unpaired) electrons. The molecule has 5 aromatic heterocycles. The molecule has 0 amide bonds. The van der Waals surface area contributed by atoms with E-state index in [0.717, 1.165) is 80.4 Å². The molecule has 0 saturated carbocycles. The Morgan fingerprint density at radius 3 is 2.81 bits per heavy atom. The maximum atomic E-state index is 11.7. The predicted molar refractivity (Wildman–Crippen MR) is 127 cm³/mol. The lowest BCUT2D eigenvalue weighted by Crippen LogP contribution is -2.27. The van der Waals surface area contributed by atoms with Crippen LogP contribution in [0.1, 0.15) is 41.0 Å². The minimum absolute atomic E-state index is 0.0833. The fourth-order valence-corrected chi connectivity index (χ4v) is 5.43. The van der Waals surface area contributed by atoms with Crippen LogP contribution in [-0.2, 0) is 0 Å². The molecule has 0 atom stereocenters. The Morgan fingerprint density at radius 1 is 1.12 bits per heavy atom. The number of pyridine rings is 2. The van der Waals surface area contributed by atoms with Crippen LogP contribution < -0.4 is 5.32 Å². The van der Waals surface area contributed by atoms with E-state index in [4.69, 9.17) is 4.98 Å². The molecule has 0 spiro atoms. The predicted octanol–water partition coefficient (Wildman–Crippen LogP) is 4.90. The number of nitrogens with one attached hydrogen (secondary N) is 3. The van der Waals surface area contributed by atoms with Gasteiger partial charge < -0.3 is 10.3 Å². The lowest BCUT2D eigenvalue weighted by Gasteiger charge is -2.22. The van der Waals surface area contributed by atoms with Crippen molar-refractivity contribution in [3.05, 3.63) is 53.2 Å². The Balaban J connectivity index is 1.44. The Bertz CT molecular complexity index is 1460. The fraction of sp³-hybridized carbons (Fsp3) is 0.250. The third kappa shape index (κ3) is 3.23. The standard InChI is InChI=1S/C24H22N6OS/c1-13(31)20-4-5-21(32-20)15-8-11-26-24-16(15)12-19(28-24)23-22-18(29-30-23)3-2-17(27-22)14-6-9-25-10-7-14/h2-5,8,11-12,14,25H,6-7,9-10H2,1H3,(H,26,28)(H,29,30). The lowest BCUT2D eigenvalue weighted by molar-refractivity contribution is 0.102. The highest BCUT2D eigenvalue weighted by atomic mass is 32.1. The van der Waals surface area contributed by atoms with Gasteiger partial charge in [-0.05, 0) is 69.3 Å². The second kappa shape index (κ2) is 7.65. The van der Waals surface area contributed by atoms with Gasteiger partial charge in [0, 0.05) is 33.6 Å². The van der Waals surface area contributed by atoms with Crippen molar-refractivity contribution in [3.8, 4) is 21.8 Å². The first kappa shape index (κ1) is 19.3. The molecule has 0 unspecified atom stereocenters. The van der Waals surface area contributed by atoms with E-state index in [9.17, 15) is 4.79 Å². The number of fused-ring (bicyclic) bond motifs is 2. The van der Waals surface area contributed by atoms with Gasteiger partial charge >= 0.3 is 0 Å². The van der Waals surface area contributed by atoms with Crippen molar-refractivity contribution in [2.45, 2.75) is 25.7 Å². The number of ketones is 1. The second-order valence-electron chi connectivity index (χ2n) is 8.25. The van der Waals surface area contributed by atoms with E-state index >= 15 is 0 Å². The van der Waals surface area contributed by atoms with Crippen LogP contribution in [0.25, 0.3) is 43.9 Å². The third-order valence-corrected chi connectivity index (χ3v) is 7.41. The molecule has 0 aliphatic carbocycles. The number of aromatic amines is 2. The first-order valence-corrected chi connectivity index (χ1v) is 11.6. The van der Waals surface area contributed by atoms with Gasteiger partial charge in [-0.15, -0.1) is 11.3 Å². The number of carbonyl (C=O) groups excluding carboxylic acids is 1. The second-order valence-corrected chi connectivity index (χ2v) is 9.34. The van der Waals surface area contributed by atoms with Crippen molar-refractivity contribution in [1.29, 1.82) is 0 Å². The number of thiophene rings is 1. The summed E-state index contributed by atoms with van der Waals surface area (Å²) in [7, 11) is 0. The van der Waals surface area contributed by atoms with Crippen LogP contribution >= 0.6 is 11.3 Å². The number of hydrogen-bond donors (Lipinski definition) is 3. The molecule has 0 bridgehead atoms. The SMILES string of the molecule is CC(=O)c1ccc(-c2ccnc3[nH]c(-c4n[nH]c5ccc(C6CCNCC6)nc45)cc23)s1. The molecule has 5 aromatic rings. The van der Waals surface area contributed by atoms with Crippen molar-refractivity contribution >= 4 is 39.2 Å². The van der Waals surface area contributed by atoms with Crippen molar-refractivity contribution < 1.29 is 4.79 Å². The summed E-state index contributed by atoms with van der Waals surface area (Å²) >= 11 is 1.51. The monoisotopic (exact) mass is 442 g/mol. The molecule has 7 nitrogen and oxygen atoms in total. The number of piperidine rings is 1. The van der Waals surface area contributed by atoms with Crippen LogP contribution in [0.15, 0.2) is 42.6 Å². The van der Waals surface area contributed by atoms with Gasteiger partial charge in [0.05, 0.1) is 16.1 Å². The maximum absolute atomic E-state index is 11.7. The summed E-state index contributed by atoms with van der Waals surface area (Å²) in [5.74, 6) is 0.564. The van der Waals surface area contributed by atoms with Crippen molar-refractivity contribution in [2.24, 2.45) is 0 Å². The Hall–Kier alpha value is -3.36. The summed E-state index contributed by atoms with van der Waals surface area (Å²) in [5.41, 5.74) is 6.46. The number of nitrogens with zero attached hydrogens (tertiary/aromatic N) is 3. The van der Waals surface area contributed by atoms with E-state index in [1.54, 1.807) is 13.1 Å². The van der Waals surface area contributed by atoms with Crippen LogP contribution in [-0.4, -0.2) is 44.0 Å². The molecule has 32 heavy (non-hydrogen) atoms. The summed E-state index contributed by atoms with van der Waals surface area (Å²) in [6, 6.07) is 12.2. The zero-order valence-corrected chi connectivity index (χ0v) is 18.4. The van der Waals surface area contributed by atoms with Crippen molar-refractivity contribution in [2.75, 3.05) is 13.1 Å². The summed E-state index contributed by atoms with van der Waals surface area (Å²) in [5, 5.41) is 12.1. The quantitative estimate of drug-likeness (QED) is 0.344.